The van der Waals surface area contributed by atoms with Crippen molar-refractivity contribution in [3.63, 3.8) is 0 Å². The third-order valence-electron chi connectivity index (χ3n) is 4.18. The number of hydrogen-bond donors (Lipinski definition) is 5. The van der Waals surface area contributed by atoms with Crippen LogP contribution in [0.3, 0.4) is 0 Å². The highest BCUT2D eigenvalue weighted by molar-refractivity contribution is 6.12. The highest BCUT2D eigenvalue weighted by atomic mass is 16.6. The van der Waals surface area contributed by atoms with Gasteiger partial charge in [-0.25, -0.2) is 0 Å². The molecule has 9 heteroatoms. The Labute approximate surface area is 159 Å². The van der Waals surface area contributed by atoms with Gasteiger partial charge in [-0.3, -0.25) is 14.4 Å². The zero-order valence-electron chi connectivity index (χ0n) is 16.1. The predicted molar refractivity (Wildman–Crippen MR) is 94.7 cm³/mol. The molecule has 0 heterocycles. The van der Waals surface area contributed by atoms with Crippen LogP contribution in [0.2, 0.25) is 0 Å². The minimum absolute atomic E-state index is 0.120. The third-order valence-corrected chi connectivity index (χ3v) is 4.18. The molecule has 0 aliphatic heterocycles. The number of esters is 1. The SMILES string of the molecule is CCCC(=O)OC(C(=O)CCC)(C(=O)CCC)[C@H](O)[C@@H](O)[C@H](O)[C@H](O)CO. The fourth-order valence-corrected chi connectivity index (χ4v) is 2.68. The quantitative estimate of drug-likeness (QED) is 0.189. The molecule has 0 fully saturated rings. The van der Waals surface area contributed by atoms with Gasteiger partial charge in [-0.15, -0.1) is 0 Å². The number of rotatable bonds is 14. The first-order valence-electron chi connectivity index (χ1n) is 9.25. The van der Waals surface area contributed by atoms with Gasteiger partial charge in [0.1, 0.15) is 24.4 Å². The molecule has 0 saturated carbocycles. The lowest BCUT2D eigenvalue weighted by atomic mass is 9.79. The Morgan fingerprint density at radius 3 is 1.63 bits per heavy atom. The Morgan fingerprint density at radius 1 is 0.815 bits per heavy atom. The third kappa shape index (κ3) is 6.32. The van der Waals surface area contributed by atoms with E-state index in [9.17, 15) is 34.8 Å². The molecule has 5 N–H and O–H groups in total. The maximum absolute atomic E-state index is 12.8. The molecule has 0 unspecified atom stereocenters. The Morgan fingerprint density at radius 2 is 1.26 bits per heavy atom. The van der Waals surface area contributed by atoms with Crippen molar-refractivity contribution in [3.8, 4) is 0 Å². The van der Waals surface area contributed by atoms with Crippen LogP contribution >= 0.6 is 0 Å². The Hall–Kier alpha value is -1.39. The summed E-state index contributed by atoms with van der Waals surface area (Å²) in [5, 5.41) is 49.2. The summed E-state index contributed by atoms with van der Waals surface area (Å²) in [6.45, 7) is 4.04. The number of aliphatic hydroxyl groups is 5. The van der Waals surface area contributed by atoms with E-state index in [1.165, 1.54) is 0 Å². The fourth-order valence-electron chi connectivity index (χ4n) is 2.68. The number of carbonyl (C=O) groups excluding carboxylic acids is 3. The summed E-state index contributed by atoms with van der Waals surface area (Å²) in [6.07, 6.45) is -8.04. The van der Waals surface area contributed by atoms with Crippen molar-refractivity contribution in [2.45, 2.75) is 89.3 Å². The second-order valence-electron chi connectivity index (χ2n) is 6.48. The average molecular weight is 392 g/mol. The van der Waals surface area contributed by atoms with Crippen LogP contribution < -0.4 is 0 Å². The molecule has 0 rings (SSSR count). The van der Waals surface area contributed by atoms with Crippen molar-refractivity contribution in [2.75, 3.05) is 6.61 Å². The van der Waals surface area contributed by atoms with Gasteiger partial charge >= 0.3 is 5.97 Å². The molecule has 27 heavy (non-hydrogen) atoms. The predicted octanol–water partition coefficient (Wildman–Crippen LogP) is -0.757. The van der Waals surface area contributed by atoms with E-state index in [1.807, 2.05) is 0 Å². The van der Waals surface area contributed by atoms with E-state index in [0.717, 1.165) is 0 Å². The number of aliphatic hydroxyl groups excluding tert-OH is 5. The zero-order valence-corrected chi connectivity index (χ0v) is 16.1. The summed E-state index contributed by atoms with van der Waals surface area (Å²) in [4.78, 5) is 37.6. The average Bonchev–Trinajstić information content (AvgIpc) is 2.64. The van der Waals surface area contributed by atoms with Gasteiger partial charge in [0.25, 0.3) is 5.60 Å². The molecule has 0 aromatic heterocycles. The normalized spacial score (nSPS) is 16.3. The van der Waals surface area contributed by atoms with Gasteiger partial charge in [-0.05, 0) is 19.3 Å². The van der Waals surface area contributed by atoms with Crippen LogP contribution in [0, 0.1) is 0 Å². The number of ether oxygens (including phenoxy) is 1. The second-order valence-corrected chi connectivity index (χ2v) is 6.48. The van der Waals surface area contributed by atoms with E-state index >= 15 is 0 Å². The summed E-state index contributed by atoms with van der Waals surface area (Å²) < 4.78 is 5.15. The van der Waals surface area contributed by atoms with Crippen LogP contribution in [-0.2, 0) is 19.1 Å². The zero-order chi connectivity index (χ0) is 21.2. The van der Waals surface area contributed by atoms with Crippen LogP contribution in [0.5, 0.6) is 0 Å². The Balaban J connectivity index is 6.18. The van der Waals surface area contributed by atoms with Crippen molar-refractivity contribution >= 4 is 17.5 Å². The lowest BCUT2D eigenvalue weighted by Gasteiger charge is -2.38. The summed E-state index contributed by atoms with van der Waals surface area (Å²) in [5.74, 6) is -2.70. The van der Waals surface area contributed by atoms with Crippen LogP contribution in [0.1, 0.15) is 59.3 Å². The number of ketones is 2. The van der Waals surface area contributed by atoms with Crippen molar-refractivity contribution in [3.05, 3.63) is 0 Å². The van der Waals surface area contributed by atoms with Gasteiger partial charge in [-0.2, -0.15) is 0 Å². The van der Waals surface area contributed by atoms with Crippen molar-refractivity contribution < 1.29 is 44.7 Å². The lowest BCUT2D eigenvalue weighted by molar-refractivity contribution is -0.203. The minimum atomic E-state index is -2.69. The van der Waals surface area contributed by atoms with Crippen LogP contribution in [0.15, 0.2) is 0 Å². The molecule has 0 aromatic rings. The van der Waals surface area contributed by atoms with E-state index in [1.54, 1.807) is 20.8 Å². The maximum Gasteiger partial charge on any atom is 0.307 e. The molecule has 158 valence electrons. The largest absolute Gasteiger partial charge is 0.440 e. The van der Waals surface area contributed by atoms with E-state index < -0.39 is 54.2 Å². The lowest BCUT2D eigenvalue weighted by Crippen LogP contribution is -2.65. The molecule has 0 amide bonds. The van der Waals surface area contributed by atoms with Gasteiger partial charge < -0.3 is 30.3 Å². The number of hydrogen-bond acceptors (Lipinski definition) is 9. The van der Waals surface area contributed by atoms with Gasteiger partial charge in [0, 0.05) is 19.3 Å². The first kappa shape index (κ1) is 25.6. The molecule has 0 saturated heterocycles. The molecule has 9 nitrogen and oxygen atoms in total. The highest BCUT2D eigenvalue weighted by Gasteiger charge is 2.57. The summed E-state index contributed by atoms with van der Waals surface area (Å²) in [6, 6.07) is 0. The fraction of sp³-hybridized carbons (Fsp3) is 0.833. The monoisotopic (exact) mass is 392 g/mol. The van der Waals surface area contributed by atoms with E-state index in [-0.39, 0.29) is 32.1 Å². The molecule has 0 aliphatic rings. The van der Waals surface area contributed by atoms with Gasteiger partial charge in [-0.1, -0.05) is 20.8 Å². The Bertz CT molecular complexity index is 473. The number of carbonyl (C=O) groups is 3. The van der Waals surface area contributed by atoms with E-state index in [0.29, 0.717) is 6.42 Å². The summed E-state index contributed by atoms with van der Waals surface area (Å²) >= 11 is 0. The van der Waals surface area contributed by atoms with Gasteiger partial charge in [0.05, 0.1) is 6.61 Å². The molecule has 4 atom stereocenters. The first-order chi connectivity index (χ1) is 12.6. The molecule has 0 bridgehead atoms. The molecular formula is C18H32O9. The standard InChI is InChI=1S/C18H32O9/c1-4-7-12(21)18(13(22)8-5-2,27-14(23)9-6-3)17(26)16(25)15(24)11(20)10-19/h11,15-17,19-20,24-26H,4-10H2,1-3H3/t11-,15-,16+,17-/m1/s1. The smallest absolute Gasteiger partial charge is 0.307 e. The van der Waals surface area contributed by atoms with E-state index in [4.69, 9.17) is 9.84 Å². The highest BCUT2D eigenvalue weighted by Crippen LogP contribution is 2.29. The van der Waals surface area contributed by atoms with Crippen LogP contribution in [0.4, 0.5) is 0 Å². The summed E-state index contributed by atoms with van der Waals surface area (Å²) in [5.41, 5.74) is -2.69. The van der Waals surface area contributed by atoms with Gasteiger partial charge in [0.2, 0.25) is 0 Å². The Kier molecular flexibility index (Phi) is 11.5. The molecule has 0 radical (unpaired) electrons. The summed E-state index contributed by atoms with van der Waals surface area (Å²) in [7, 11) is 0. The second kappa shape index (κ2) is 12.1. The van der Waals surface area contributed by atoms with Crippen LogP contribution in [0.25, 0.3) is 0 Å². The van der Waals surface area contributed by atoms with E-state index in [2.05, 4.69) is 0 Å². The topological polar surface area (TPSA) is 162 Å². The van der Waals surface area contributed by atoms with Crippen molar-refractivity contribution in [2.24, 2.45) is 0 Å². The maximum atomic E-state index is 12.8. The van der Waals surface area contributed by atoms with Crippen molar-refractivity contribution in [1.82, 2.24) is 0 Å². The molecule has 0 spiro atoms. The first-order valence-corrected chi connectivity index (χ1v) is 9.25. The number of Topliss-reactive ketones (excluding diaryl/α,β-unsaturated/α-hetero) is 2. The molecule has 0 aliphatic carbocycles. The van der Waals surface area contributed by atoms with Crippen LogP contribution in [-0.4, -0.2) is 79.7 Å². The van der Waals surface area contributed by atoms with Gasteiger partial charge in [0.15, 0.2) is 11.6 Å². The molecular weight excluding hydrogens is 360 g/mol. The molecule has 0 aromatic carbocycles. The van der Waals surface area contributed by atoms with Crippen molar-refractivity contribution in [1.29, 1.82) is 0 Å². The minimum Gasteiger partial charge on any atom is -0.440 e.